The van der Waals surface area contributed by atoms with Gasteiger partial charge in [-0.1, -0.05) is 110 Å². The summed E-state index contributed by atoms with van der Waals surface area (Å²) in [7, 11) is 0. The van der Waals surface area contributed by atoms with Crippen LogP contribution in [0.25, 0.3) is 88.7 Å². The van der Waals surface area contributed by atoms with Gasteiger partial charge in [-0.2, -0.15) is 0 Å². The first-order valence-corrected chi connectivity index (χ1v) is 16.0. The van der Waals surface area contributed by atoms with Crippen molar-refractivity contribution >= 4 is 66.4 Å². The standard InChI is InChI=1S/C44H30O/c1-26-10-8-19-36-39(23-29-13-9-18-31(29)42(26)36)44-34-16-6-4-14-32(34)43(33-15-5-7-17-35(33)44)30-20-21-40-37(24-30)38-22-27-11-2-3-12-28(27)25-41(38)45-40/h2-9,11-17,19-26H,10,18H2,1H3. The second-order valence-corrected chi connectivity index (χ2v) is 12.8. The molecule has 0 spiro atoms. The average Bonchev–Trinajstić information content (AvgIpc) is 3.70. The number of benzene rings is 7. The third kappa shape index (κ3) is 3.56. The molecule has 212 valence electrons. The van der Waals surface area contributed by atoms with Gasteiger partial charge in [0.1, 0.15) is 11.2 Å². The van der Waals surface area contributed by atoms with Crippen LogP contribution in [-0.4, -0.2) is 0 Å². The van der Waals surface area contributed by atoms with Crippen molar-refractivity contribution in [1.82, 2.24) is 0 Å². The first-order valence-electron chi connectivity index (χ1n) is 16.0. The summed E-state index contributed by atoms with van der Waals surface area (Å²) in [6.07, 6.45) is 11.6. The summed E-state index contributed by atoms with van der Waals surface area (Å²) in [4.78, 5) is 0. The molecular weight excluding hydrogens is 544 g/mol. The Balaban J connectivity index is 1.30. The topological polar surface area (TPSA) is 13.1 Å². The highest BCUT2D eigenvalue weighted by Gasteiger charge is 2.26. The fourth-order valence-electron chi connectivity index (χ4n) is 8.27. The molecule has 8 aromatic rings. The number of rotatable bonds is 2. The van der Waals surface area contributed by atoms with Crippen LogP contribution in [0.3, 0.4) is 0 Å². The summed E-state index contributed by atoms with van der Waals surface area (Å²) in [5.74, 6) is 0.518. The molecule has 10 rings (SSSR count). The molecule has 45 heavy (non-hydrogen) atoms. The van der Waals surface area contributed by atoms with Crippen LogP contribution < -0.4 is 0 Å². The molecule has 0 amide bonds. The van der Waals surface area contributed by atoms with E-state index in [0.29, 0.717) is 5.92 Å². The Bertz CT molecular complexity index is 2550. The summed E-state index contributed by atoms with van der Waals surface area (Å²) < 4.78 is 6.39. The van der Waals surface area contributed by atoms with E-state index in [1.807, 2.05) is 0 Å². The van der Waals surface area contributed by atoms with Crippen LogP contribution in [-0.2, 0) is 6.42 Å². The highest BCUT2D eigenvalue weighted by atomic mass is 16.3. The van der Waals surface area contributed by atoms with E-state index in [4.69, 9.17) is 4.42 Å². The maximum Gasteiger partial charge on any atom is 0.136 e. The lowest BCUT2D eigenvalue weighted by Crippen LogP contribution is -2.07. The van der Waals surface area contributed by atoms with Gasteiger partial charge in [0.2, 0.25) is 0 Å². The van der Waals surface area contributed by atoms with E-state index in [1.165, 1.54) is 76.8 Å². The molecular formula is C44H30O. The monoisotopic (exact) mass is 574 g/mol. The first kappa shape index (κ1) is 25.0. The number of hydrogen-bond acceptors (Lipinski definition) is 1. The molecule has 1 heteroatoms. The molecule has 2 aliphatic rings. The molecule has 7 aromatic carbocycles. The van der Waals surface area contributed by atoms with E-state index in [9.17, 15) is 0 Å². The third-order valence-corrected chi connectivity index (χ3v) is 10.3. The zero-order valence-electron chi connectivity index (χ0n) is 25.1. The molecule has 2 aliphatic carbocycles. The number of hydrogen-bond donors (Lipinski definition) is 0. The normalized spacial score (nSPS) is 15.5. The number of furan rings is 1. The van der Waals surface area contributed by atoms with Gasteiger partial charge < -0.3 is 4.42 Å². The van der Waals surface area contributed by atoms with Crippen molar-refractivity contribution in [1.29, 1.82) is 0 Å². The van der Waals surface area contributed by atoms with E-state index in [-0.39, 0.29) is 0 Å². The summed E-state index contributed by atoms with van der Waals surface area (Å²) in [5.41, 5.74) is 12.9. The Morgan fingerprint density at radius 3 is 2.00 bits per heavy atom. The van der Waals surface area contributed by atoms with Crippen LogP contribution >= 0.6 is 0 Å². The Morgan fingerprint density at radius 1 is 0.578 bits per heavy atom. The van der Waals surface area contributed by atoms with Crippen LogP contribution in [0.4, 0.5) is 0 Å². The van der Waals surface area contributed by atoms with Crippen molar-refractivity contribution < 1.29 is 4.42 Å². The fourth-order valence-corrected chi connectivity index (χ4v) is 8.27. The van der Waals surface area contributed by atoms with Crippen molar-refractivity contribution in [2.24, 2.45) is 0 Å². The lowest BCUT2D eigenvalue weighted by molar-refractivity contribution is 0.669. The second-order valence-electron chi connectivity index (χ2n) is 12.8. The van der Waals surface area contributed by atoms with E-state index < -0.39 is 0 Å². The Kier molecular flexibility index (Phi) is 5.16. The Hall–Kier alpha value is -5.40. The van der Waals surface area contributed by atoms with Crippen molar-refractivity contribution in [2.45, 2.75) is 25.7 Å². The highest BCUT2D eigenvalue weighted by Crippen LogP contribution is 2.49. The minimum absolute atomic E-state index is 0.518. The Labute approximate surface area is 261 Å². The predicted octanol–water partition coefficient (Wildman–Crippen LogP) is 12.5. The van der Waals surface area contributed by atoms with Gasteiger partial charge in [0, 0.05) is 10.8 Å². The van der Waals surface area contributed by atoms with Crippen molar-refractivity contribution in [3.8, 4) is 22.3 Å². The molecule has 1 heterocycles. The molecule has 1 aromatic heterocycles. The second kappa shape index (κ2) is 9.30. The maximum absolute atomic E-state index is 6.39. The largest absolute Gasteiger partial charge is 0.456 e. The zero-order chi connectivity index (χ0) is 29.6. The minimum atomic E-state index is 0.518. The van der Waals surface area contributed by atoms with Crippen molar-refractivity contribution in [3.63, 3.8) is 0 Å². The van der Waals surface area contributed by atoms with E-state index in [0.717, 1.165) is 34.8 Å². The summed E-state index contributed by atoms with van der Waals surface area (Å²) >= 11 is 0. The highest BCUT2D eigenvalue weighted by molar-refractivity contribution is 6.23. The maximum atomic E-state index is 6.39. The van der Waals surface area contributed by atoms with Gasteiger partial charge in [0.15, 0.2) is 0 Å². The number of allylic oxidation sites excluding steroid dienone is 2. The molecule has 0 radical (unpaired) electrons. The minimum Gasteiger partial charge on any atom is -0.456 e. The van der Waals surface area contributed by atoms with E-state index in [1.54, 1.807) is 0 Å². The average molecular weight is 575 g/mol. The van der Waals surface area contributed by atoms with Gasteiger partial charge in [-0.05, 0) is 126 Å². The molecule has 1 nitrogen and oxygen atoms in total. The van der Waals surface area contributed by atoms with Gasteiger partial charge >= 0.3 is 0 Å². The van der Waals surface area contributed by atoms with Crippen molar-refractivity contribution in [2.75, 3.05) is 0 Å². The molecule has 1 atom stereocenters. The predicted molar refractivity (Wildman–Crippen MR) is 192 cm³/mol. The summed E-state index contributed by atoms with van der Waals surface area (Å²) in [6.45, 7) is 2.39. The molecule has 0 bridgehead atoms. The molecule has 0 N–H and O–H groups in total. The molecule has 0 saturated heterocycles. The lowest BCUT2D eigenvalue weighted by Gasteiger charge is -2.26. The molecule has 0 fully saturated rings. The van der Waals surface area contributed by atoms with Crippen LogP contribution in [0.1, 0.15) is 41.5 Å². The van der Waals surface area contributed by atoms with Gasteiger partial charge in [-0.15, -0.1) is 0 Å². The van der Waals surface area contributed by atoms with Gasteiger partial charge in [-0.25, -0.2) is 0 Å². The van der Waals surface area contributed by atoms with Gasteiger partial charge in [-0.3, -0.25) is 0 Å². The molecule has 0 aliphatic heterocycles. The van der Waals surface area contributed by atoms with E-state index >= 15 is 0 Å². The zero-order valence-corrected chi connectivity index (χ0v) is 25.1. The van der Waals surface area contributed by atoms with Gasteiger partial charge in [0.25, 0.3) is 0 Å². The fraction of sp³-hybridized carbons (Fsp3) is 0.0909. The van der Waals surface area contributed by atoms with E-state index in [2.05, 4.69) is 140 Å². The first-order chi connectivity index (χ1) is 22.2. The molecule has 0 saturated carbocycles. The van der Waals surface area contributed by atoms with Crippen LogP contribution in [0.15, 0.2) is 126 Å². The SMILES string of the molecule is CC1CC=Cc2c(-c3c4ccccc4c(-c4ccc5oc6cc7ccccc7cc6c5c4)c4ccccc34)cc3c(c21)CC=C3. The van der Waals surface area contributed by atoms with Crippen LogP contribution in [0.2, 0.25) is 0 Å². The van der Waals surface area contributed by atoms with Crippen molar-refractivity contribution in [3.05, 3.63) is 144 Å². The summed E-state index contributed by atoms with van der Waals surface area (Å²) in [6, 6.07) is 40.2. The summed E-state index contributed by atoms with van der Waals surface area (Å²) in [5, 5.41) is 9.90. The van der Waals surface area contributed by atoms with Crippen LogP contribution in [0, 0.1) is 0 Å². The van der Waals surface area contributed by atoms with Gasteiger partial charge in [0.05, 0.1) is 0 Å². The quantitative estimate of drug-likeness (QED) is 0.187. The van der Waals surface area contributed by atoms with Crippen LogP contribution in [0.5, 0.6) is 0 Å². The lowest BCUT2D eigenvalue weighted by atomic mass is 9.77. The molecule has 1 unspecified atom stereocenters. The number of fused-ring (bicyclic) bond motifs is 9. The Morgan fingerprint density at radius 2 is 1.24 bits per heavy atom. The smallest absolute Gasteiger partial charge is 0.136 e. The third-order valence-electron chi connectivity index (χ3n) is 10.3.